The Morgan fingerprint density at radius 2 is 1.90 bits per heavy atom. The quantitative estimate of drug-likeness (QED) is 0.318. The number of pyridine rings is 1. The van der Waals surface area contributed by atoms with E-state index in [2.05, 4.69) is 10.6 Å². The van der Waals surface area contributed by atoms with Crippen molar-refractivity contribution < 1.29 is 31.9 Å². The van der Waals surface area contributed by atoms with E-state index in [1.807, 2.05) is 26.0 Å². The van der Waals surface area contributed by atoms with E-state index < -0.39 is 51.3 Å². The molecule has 0 bridgehead atoms. The molecule has 0 spiro atoms. The number of hydrogen-bond acceptors (Lipinski definition) is 7. The molecular weight excluding hydrogens is 524 g/mol. The number of Topliss-reactive ketones (excluding diaryl/α,β-unsaturated/α-hetero) is 1. The highest BCUT2D eigenvalue weighted by Gasteiger charge is 2.37. The van der Waals surface area contributed by atoms with Crippen molar-refractivity contribution in [2.24, 2.45) is 5.92 Å². The molecule has 1 aliphatic rings. The first-order valence-corrected chi connectivity index (χ1v) is 14.2. The summed E-state index contributed by atoms with van der Waals surface area (Å²) in [5.41, 5.74) is 1.22. The molecule has 4 rings (SSSR count). The van der Waals surface area contributed by atoms with Gasteiger partial charge in [-0.25, -0.2) is 8.42 Å². The third kappa shape index (κ3) is 6.12. The number of amides is 2. The lowest BCUT2D eigenvalue weighted by Crippen LogP contribution is -2.53. The lowest BCUT2D eigenvalue weighted by molar-refractivity contribution is -0.646. The van der Waals surface area contributed by atoms with Gasteiger partial charge in [0.1, 0.15) is 11.6 Å². The van der Waals surface area contributed by atoms with Crippen LogP contribution < -0.4 is 15.4 Å². The Morgan fingerprint density at radius 3 is 2.59 bits per heavy atom. The number of sulfonamides is 1. The van der Waals surface area contributed by atoms with E-state index in [-0.39, 0.29) is 29.4 Å². The van der Waals surface area contributed by atoms with Crippen molar-refractivity contribution in [2.45, 2.75) is 57.1 Å². The highest BCUT2D eigenvalue weighted by atomic mass is 32.2. The van der Waals surface area contributed by atoms with Crippen LogP contribution in [0.2, 0.25) is 0 Å². The normalized spacial score (nSPS) is 17.6. The molecular formula is C27H32N4O7S. The Hall–Kier alpha value is -3.77. The molecule has 2 N–H and O–H groups in total. The van der Waals surface area contributed by atoms with Crippen LogP contribution in [0.15, 0.2) is 58.1 Å². The first-order chi connectivity index (χ1) is 18.5. The van der Waals surface area contributed by atoms with Gasteiger partial charge in [-0.05, 0) is 44.2 Å². The van der Waals surface area contributed by atoms with E-state index in [0.29, 0.717) is 24.0 Å². The number of benzene rings is 1. The van der Waals surface area contributed by atoms with E-state index in [4.69, 9.17) is 4.42 Å². The molecule has 0 unspecified atom stereocenters. The molecule has 1 saturated heterocycles. The minimum atomic E-state index is -4.21. The van der Waals surface area contributed by atoms with Crippen LogP contribution in [-0.4, -0.2) is 55.5 Å². The number of hydrogen-bond donors (Lipinski definition) is 2. The number of furan rings is 1. The fourth-order valence-electron chi connectivity index (χ4n) is 4.69. The average Bonchev–Trinajstić information content (AvgIpc) is 3.11. The van der Waals surface area contributed by atoms with E-state index >= 15 is 0 Å². The van der Waals surface area contributed by atoms with Crippen LogP contribution in [0.25, 0.3) is 11.0 Å². The molecule has 1 aliphatic heterocycles. The number of aromatic nitrogens is 1. The second-order valence-corrected chi connectivity index (χ2v) is 12.0. The van der Waals surface area contributed by atoms with Gasteiger partial charge >= 0.3 is 15.0 Å². The molecule has 3 heterocycles. The maximum Gasteiger partial charge on any atom is 0.323 e. The van der Waals surface area contributed by atoms with Gasteiger partial charge in [0.25, 0.3) is 5.91 Å². The summed E-state index contributed by atoms with van der Waals surface area (Å²) in [6, 6.07) is 9.39. The third-order valence-electron chi connectivity index (χ3n) is 6.71. The van der Waals surface area contributed by atoms with E-state index in [1.165, 1.54) is 18.2 Å². The number of nitrogens with zero attached hydrogens (tertiary/aromatic N) is 2. The van der Waals surface area contributed by atoms with Crippen LogP contribution in [0.3, 0.4) is 0 Å². The second kappa shape index (κ2) is 11.5. The van der Waals surface area contributed by atoms with Crippen LogP contribution in [0.5, 0.6) is 0 Å². The first kappa shape index (κ1) is 28.2. The van der Waals surface area contributed by atoms with E-state index in [0.717, 1.165) is 15.9 Å². The summed E-state index contributed by atoms with van der Waals surface area (Å²) in [4.78, 5) is 39.4. The molecule has 11 nitrogen and oxygen atoms in total. The average molecular weight is 557 g/mol. The molecule has 0 saturated carbocycles. The largest absolute Gasteiger partial charge is 0.618 e. The second-order valence-electron chi connectivity index (χ2n) is 10.1. The first-order valence-electron chi connectivity index (χ1n) is 12.8. The summed E-state index contributed by atoms with van der Waals surface area (Å²) in [5, 5.41) is 17.8. The topological polar surface area (TPSA) is 153 Å². The van der Waals surface area contributed by atoms with Crippen molar-refractivity contribution in [3.05, 3.63) is 65.2 Å². The molecule has 39 heavy (non-hydrogen) atoms. The maximum atomic E-state index is 13.3. The predicted molar refractivity (Wildman–Crippen MR) is 142 cm³/mol. The van der Waals surface area contributed by atoms with Crippen molar-refractivity contribution in [1.82, 2.24) is 14.9 Å². The Kier molecular flexibility index (Phi) is 8.36. The van der Waals surface area contributed by atoms with Gasteiger partial charge in [0.2, 0.25) is 5.91 Å². The summed E-state index contributed by atoms with van der Waals surface area (Å²) in [7, 11) is -4.21. The van der Waals surface area contributed by atoms with Crippen molar-refractivity contribution >= 4 is 38.6 Å². The van der Waals surface area contributed by atoms with Gasteiger partial charge in [-0.15, -0.1) is 0 Å². The molecule has 0 radical (unpaired) electrons. The highest BCUT2D eigenvalue weighted by Crippen LogP contribution is 2.25. The van der Waals surface area contributed by atoms with Crippen LogP contribution in [0, 0.1) is 18.0 Å². The van der Waals surface area contributed by atoms with Crippen molar-refractivity contribution in [3.63, 3.8) is 0 Å². The zero-order valence-electron chi connectivity index (χ0n) is 22.0. The number of carbonyl (C=O) groups is 3. The van der Waals surface area contributed by atoms with E-state index in [9.17, 15) is 28.0 Å². The highest BCUT2D eigenvalue weighted by molar-refractivity contribution is 7.89. The fraction of sp³-hybridized carbons (Fsp3) is 0.407. The number of fused-ring (bicyclic) bond motifs is 1. The van der Waals surface area contributed by atoms with Crippen molar-refractivity contribution in [1.29, 1.82) is 0 Å². The zero-order valence-corrected chi connectivity index (χ0v) is 22.9. The van der Waals surface area contributed by atoms with Crippen molar-refractivity contribution in [3.8, 4) is 0 Å². The van der Waals surface area contributed by atoms with Gasteiger partial charge in [0, 0.05) is 29.6 Å². The Labute approximate surface area is 226 Å². The van der Waals surface area contributed by atoms with Gasteiger partial charge in [-0.3, -0.25) is 14.4 Å². The third-order valence-corrected chi connectivity index (χ3v) is 8.55. The molecule has 3 aromatic rings. The number of rotatable bonds is 8. The summed E-state index contributed by atoms with van der Waals surface area (Å²) in [6.45, 7) is 5.12. The van der Waals surface area contributed by atoms with Crippen LogP contribution in [0.4, 0.5) is 0 Å². The Bertz CT molecular complexity index is 1500. The van der Waals surface area contributed by atoms with Crippen LogP contribution in [0.1, 0.15) is 49.2 Å². The Morgan fingerprint density at radius 1 is 1.18 bits per heavy atom. The van der Waals surface area contributed by atoms with Gasteiger partial charge in [0.15, 0.2) is 17.7 Å². The summed E-state index contributed by atoms with van der Waals surface area (Å²) in [6.07, 6.45) is 1.90. The standard InChI is InChI=1S/C27H32N4O7S/c1-17(2)15-21(29-27(34)25-18(3)19-9-4-5-11-23(19)38-25)26(33)28-20-10-8-13-30(16-22(20)32)39(36,37)24-12-6-7-14-31(24)35/h4-7,9,11-12,14,17,20-21H,8,10,13,15-16H2,1-3H3,(H,28,33)(H,29,34)/t20-,21-/m1/s1. The van der Waals surface area contributed by atoms with Gasteiger partial charge in [0.05, 0.1) is 12.6 Å². The van der Waals surface area contributed by atoms with Gasteiger partial charge in [-0.1, -0.05) is 32.0 Å². The smallest absolute Gasteiger partial charge is 0.323 e. The molecule has 2 amide bonds. The number of ketones is 1. The fourth-order valence-corrected chi connectivity index (χ4v) is 6.16. The van der Waals surface area contributed by atoms with Crippen molar-refractivity contribution in [2.75, 3.05) is 13.1 Å². The summed E-state index contributed by atoms with van der Waals surface area (Å²) < 4.78 is 33.0. The molecule has 0 aliphatic carbocycles. The molecule has 1 aromatic carbocycles. The van der Waals surface area contributed by atoms with Gasteiger partial charge < -0.3 is 20.3 Å². The molecule has 12 heteroatoms. The minimum Gasteiger partial charge on any atom is -0.618 e. The number of carbonyl (C=O) groups excluding carboxylic acids is 3. The van der Waals surface area contributed by atoms with Crippen LogP contribution >= 0.6 is 0 Å². The molecule has 208 valence electrons. The SMILES string of the molecule is Cc1c(C(=O)N[C@H](CC(C)C)C(=O)N[C@@H]2CCCN(S(=O)(=O)c3cccc[n+]3[O-])CC2=O)oc2ccccc12. The van der Waals surface area contributed by atoms with Crippen LogP contribution in [-0.2, 0) is 19.6 Å². The molecule has 2 atom stereocenters. The maximum absolute atomic E-state index is 13.3. The van der Waals surface area contributed by atoms with Gasteiger partial charge in [-0.2, -0.15) is 9.04 Å². The van der Waals surface area contributed by atoms with E-state index in [1.54, 1.807) is 19.1 Å². The minimum absolute atomic E-state index is 0.0207. The predicted octanol–water partition coefficient (Wildman–Crippen LogP) is 2.06. The monoisotopic (exact) mass is 556 g/mol. The lowest BCUT2D eigenvalue weighted by Gasteiger charge is -2.23. The number of para-hydroxylation sites is 1. The summed E-state index contributed by atoms with van der Waals surface area (Å²) >= 11 is 0. The number of nitrogens with one attached hydrogen (secondary N) is 2. The lowest BCUT2D eigenvalue weighted by atomic mass is 10.0. The number of aryl methyl sites for hydroxylation is 1. The molecule has 1 fully saturated rings. The molecule has 2 aromatic heterocycles. The zero-order chi connectivity index (χ0) is 28.3. The Balaban J connectivity index is 1.47. The summed E-state index contributed by atoms with van der Waals surface area (Å²) in [5.74, 6) is -1.42.